The van der Waals surface area contributed by atoms with E-state index in [0.717, 1.165) is 55.6 Å². The third kappa shape index (κ3) is 4.73. The number of anilines is 3. The number of aromatic nitrogens is 1. The first-order valence-electron chi connectivity index (χ1n) is 18.8. The number of fused-ring (bicyclic) bond motifs is 8. The molecule has 0 amide bonds. The molecule has 3 nitrogen and oxygen atoms in total. The van der Waals surface area contributed by atoms with Crippen molar-refractivity contribution in [2.24, 2.45) is 0 Å². The second-order valence-corrected chi connectivity index (χ2v) is 14.3. The first kappa shape index (κ1) is 31.3. The summed E-state index contributed by atoms with van der Waals surface area (Å²) in [6.07, 6.45) is 2.00. The Hall–Kier alpha value is -7.23. The number of rotatable bonds is 6. The monoisotopic (exact) mass is 702 g/mol. The fraction of sp³-hybridized carbons (Fsp3) is 0.0192. The van der Waals surface area contributed by atoms with Crippen molar-refractivity contribution in [3.8, 4) is 22.3 Å². The average Bonchev–Trinajstić information content (AvgIpc) is 3.78. The van der Waals surface area contributed by atoms with Gasteiger partial charge in [-0.05, 0) is 74.0 Å². The summed E-state index contributed by atoms with van der Waals surface area (Å²) < 4.78 is 6.61. The highest BCUT2D eigenvalue weighted by molar-refractivity contribution is 6.17. The van der Waals surface area contributed by atoms with Crippen molar-refractivity contribution in [1.82, 2.24) is 4.98 Å². The third-order valence-electron chi connectivity index (χ3n) is 11.4. The zero-order chi connectivity index (χ0) is 36.3. The summed E-state index contributed by atoms with van der Waals surface area (Å²) in [5.74, 6) is 0. The molecule has 3 heteroatoms. The van der Waals surface area contributed by atoms with Crippen molar-refractivity contribution in [3.05, 3.63) is 229 Å². The number of hydrogen-bond acceptors (Lipinski definition) is 3. The van der Waals surface area contributed by atoms with Gasteiger partial charge in [0.25, 0.3) is 0 Å². The predicted molar refractivity (Wildman–Crippen MR) is 226 cm³/mol. The topological polar surface area (TPSA) is 29.3 Å². The molecule has 2 aromatic heterocycles. The van der Waals surface area contributed by atoms with Crippen LogP contribution in [0.3, 0.4) is 0 Å². The zero-order valence-corrected chi connectivity index (χ0v) is 29.9. The van der Waals surface area contributed by atoms with Gasteiger partial charge in [-0.3, -0.25) is 0 Å². The largest absolute Gasteiger partial charge is 0.454 e. The van der Waals surface area contributed by atoms with Crippen LogP contribution in [0, 0.1) is 0 Å². The van der Waals surface area contributed by atoms with Crippen molar-refractivity contribution in [1.29, 1.82) is 0 Å². The minimum absolute atomic E-state index is 0.531. The van der Waals surface area contributed by atoms with Gasteiger partial charge in [-0.15, -0.1) is 0 Å². The van der Waals surface area contributed by atoms with Crippen LogP contribution in [0.15, 0.2) is 211 Å². The molecule has 0 unspecified atom stereocenters. The van der Waals surface area contributed by atoms with Gasteiger partial charge in [0.15, 0.2) is 5.58 Å². The summed E-state index contributed by atoms with van der Waals surface area (Å²) in [6, 6.07) is 71.9. The molecule has 0 radical (unpaired) electrons. The van der Waals surface area contributed by atoms with Crippen LogP contribution < -0.4 is 4.90 Å². The van der Waals surface area contributed by atoms with Gasteiger partial charge >= 0.3 is 0 Å². The summed E-state index contributed by atoms with van der Waals surface area (Å²) in [4.78, 5) is 7.54. The molecular weight excluding hydrogens is 669 g/mol. The second-order valence-electron chi connectivity index (χ2n) is 14.3. The van der Waals surface area contributed by atoms with Crippen molar-refractivity contribution < 1.29 is 4.42 Å². The predicted octanol–water partition coefficient (Wildman–Crippen LogP) is 13.6. The van der Waals surface area contributed by atoms with E-state index in [9.17, 15) is 0 Å². The van der Waals surface area contributed by atoms with E-state index in [4.69, 9.17) is 9.40 Å². The smallest absolute Gasteiger partial charge is 0.155 e. The molecule has 11 rings (SSSR count). The van der Waals surface area contributed by atoms with Crippen LogP contribution in [0.2, 0.25) is 0 Å². The Labute approximate surface area is 319 Å². The third-order valence-corrected chi connectivity index (χ3v) is 11.4. The van der Waals surface area contributed by atoms with Gasteiger partial charge in [0, 0.05) is 17.3 Å². The van der Waals surface area contributed by atoms with Gasteiger partial charge in [-0.1, -0.05) is 170 Å². The molecule has 1 aliphatic carbocycles. The normalized spacial score (nSPS) is 12.9. The Balaban J connectivity index is 1.20. The Morgan fingerprint density at radius 3 is 1.87 bits per heavy atom. The second kappa shape index (κ2) is 12.4. The Kier molecular flexibility index (Phi) is 7.08. The van der Waals surface area contributed by atoms with Crippen molar-refractivity contribution in [3.63, 3.8) is 0 Å². The van der Waals surface area contributed by atoms with Crippen LogP contribution in [0.4, 0.5) is 17.1 Å². The highest BCUT2D eigenvalue weighted by Crippen LogP contribution is 2.57. The lowest BCUT2D eigenvalue weighted by molar-refractivity contribution is 0.668. The molecule has 0 saturated carbocycles. The van der Waals surface area contributed by atoms with Crippen LogP contribution in [-0.4, -0.2) is 4.98 Å². The minimum Gasteiger partial charge on any atom is -0.454 e. The molecule has 55 heavy (non-hydrogen) atoms. The molecule has 258 valence electrons. The molecule has 2 heterocycles. The van der Waals surface area contributed by atoms with Gasteiger partial charge in [0.05, 0.1) is 28.4 Å². The van der Waals surface area contributed by atoms with Crippen LogP contribution >= 0.6 is 0 Å². The van der Waals surface area contributed by atoms with Gasteiger partial charge in [-0.2, -0.15) is 0 Å². The molecule has 1 aliphatic rings. The van der Waals surface area contributed by atoms with E-state index in [2.05, 4.69) is 205 Å². The standard InChI is InChI=1S/C52H34N2O/c1-4-16-35(17-5-1)41-23-13-15-27-47(41)54(40-33-49-51(53-34-40)50-42-24-11-10-18-36(42)28-31-48(50)55-49)39-29-30-44-43-25-12-14-26-45(43)52(46(44)32-39,37-19-6-2-7-20-37)38-21-8-3-9-22-38/h1-34H. The highest BCUT2D eigenvalue weighted by atomic mass is 16.3. The van der Waals surface area contributed by atoms with E-state index in [-0.39, 0.29) is 0 Å². The SMILES string of the molecule is c1ccc(-c2ccccc2N(c2ccc3c(c2)C(c2ccccc2)(c2ccccc2)c2ccccc2-3)c2cnc3c(c2)oc2ccc4ccccc4c23)cc1. The number of hydrogen-bond donors (Lipinski definition) is 0. The molecule has 0 bridgehead atoms. The maximum absolute atomic E-state index is 6.61. The fourth-order valence-corrected chi connectivity index (χ4v) is 9.05. The maximum atomic E-state index is 6.61. The highest BCUT2D eigenvalue weighted by Gasteiger charge is 2.46. The lowest BCUT2D eigenvalue weighted by atomic mass is 9.67. The lowest BCUT2D eigenvalue weighted by Gasteiger charge is -2.35. The molecule has 10 aromatic rings. The van der Waals surface area contributed by atoms with E-state index in [0.29, 0.717) is 0 Å². The number of pyridine rings is 1. The molecule has 0 N–H and O–H groups in total. The van der Waals surface area contributed by atoms with E-state index in [1.54, 1.807) is 0 Å². The van der Waals surface area contributed by atoms with Crippen LogP contribution in [0.25, 0.3) is 55.1 Å². The summed E-state index contributed by atoms with van der Waals surface area (Å²) in [5.41, 5.74) is 14.7. The summed E-state index contributed by atoms with van der Waals surface area (Å²) in [5, 5.41) is 3.35. The molecule has 0 fully saturated rings. The summed E-state index contributed by atoms with van der Waals surface area (Å²) in [6.45, 7) is 0. The Bertz CT molecular complexity index is 3000. The van der Waals surface area contributed by atoms with Crippen molar-refractivity contribution in [2.45, 2.75) is 5.41 Å². The zero-order valence-electron chi connectivity index (χ0n) is 29.9. The first-order valence-corrected chi connectivity index (χ1v) is 18.8. The number of benzene rings is 8. The summed E-state index contributed by atoms with van der Waals surface area (Å²) >= 11 is 0. The van der Waals surface area contributed by atoms with Gasteiger partial charge in [0.1, 0.15) is 11.1 Å². The minimum atomic E-state index is -0.531. The van der Waals surface area contributed by atoms with E-state index in [1.165, 1.54) is 38.8 Å². The summed E-state index contributed by atoms with van der Waals surface area (Å²) in [7, 11) is 0. The van der Waals surface area contributed by atoms with Gasteiger partial charge in [-0.25, -0.2) is 4.98 Å². The lowest BCUT2D eigenvalue weighted by Crippen LogP contribution is -2.28. The first-order chi connectivity index (χ1) is 27.3. The van der Waals surface area contributed by atoms with Gasteiger partial charge in [0.2, 0.25) is 0 Å². The molecule has 0 saturated heterocycles. The molecule has 0 spiro atoms. The van der Waals surface area contributed by atoms with Crippen molar-refractivity contribution in [2.75, 3.05) is 4.90 Å². The van der Waals surface area contributed by atoms with E-state index in [1.807, 2.05) is 6.20 Å². The quantitative estimate of drug-likeness (QED) is 0.173. The Morgan fingerprint density at radius 2 is 1.09 bits per heavy atom. The molecule has 8 aromatic carbocycles. The van der Waals surface area contributed by atoms with Crippen LogP contribution in [0.5, 0.6) is 0 Å². The maximum Gasteiger partial charge on any atom is 0.155 e. The fourth-order valence-electron chi connectivity index (χ4n) is 9.05. The molecule has 0 atom stereocenters. The van der Waals surface area contributed by atoms with E-state index < -0.39 is 5.41 Å². The number of furan rings is 1. The van der Waals surface area contributed by atoms with E-state index >= 15 is 0 Å². The molecular formula is C52H34N2O. The number of nitrogens with zero attached hydrogens (tertiary/aromatic N) is 2. The average molecular weight is 703 g/mol. The van der Waals surface area contributed by atoms with Crippen LogP contribution in [0.1, 0.15) is 22.3 Å². The van der Waals surface area contributed by atoms with Crippen molar-refractivity contribution >= 4 is 49.9 Å². The number of para-hydroxylation sites is 1. The van der Waals surface area contributed by atoms with Gasteiger partial charge < -0.3 is 9.32 Å². The Morgan fingerprint density at radius 1 is 0.455 bits per heavy atom. The molecule has 0 aliphatic heterocycles. The van der Waals surface area contributed by atoms with Crippen LogP contribution in [-0.2, 0) is 5.41 Å².